The van der Waals surface area contributed by atoms with Gasteiger partial charge in [0.25, 0.3) is 0 Å². The van der Waals surface area contributed by atoms with Gasteiger partial charge in [-0.25, -0.2) is 0 Å². The van der Waals surface area contributed by atoms with Crippen molar-refractivity contribution in [3.05, 3.63) is 36.7 Å². The number of nitrogens with zero attached hydrogens (tertiary/aromatic N) is 2. The lowest BCUT2D eigenvalue weighted by Crippen LogP contribution is -1.74. The van der Waals surface area contributed by atoms with Crippen LogP contribution >= 0.6 is 12.2 Å². The fourth-order valence-corrected chi connectivity index (χ4v) is 1.35. The number of pyridine rings is 1. The average molecular weight is 186 g/mol. The molecule has 2 nitrogen and oxygen atoms in total. The summed E-state index contributed by atoms with van der Waals surface area (Å²) < 4.78 is 0. The van der Waals surface area contributed by atoms with Crippen molar-refractivity contribution in [3.8, 4) is 0 Å². The van der Waals surface area contributed by atoms with E-state index in [1.54, 1.807) is 12.4 Å². The summed E-state index contributed by atoms with van der Waals surface area (Å²) in [7, 11) is 0. The maximum absolute atomic E-state index is 4.56. The van der Waals surface area contributed by atoms with Crippen molar-refractivity contribution < 1.29 is 0 Å². The van der Waals surface area contributed by atoms with E-state index >= 15 is 0 Å². The predicted octanol–water partition coefficient (Wildman–Crippen LogP) is 2.97. The zero-order valence-electron chi connectivity index (χ0n) is 6.77. The highest BCUT2D eigenvalue weighted by atomic mass is 32.1. The van der Waals surface area contributed by atoms with Gasteiger partial charge in [0, 0.05) is 23.2 Å². The van der Waals surface area contributed by atoms with Crippen LogP contribution in [0, 0.1) is 0 Å². The van der Waals surface area contributed by atoms with E-state index in [1.165, 1.54) is 0 Å². The van der Waals surface area contributed by atoms with Gasteiger partial charge < -0.3 is 0 Å². The summed E-state index contributed by atoms with van der Waals surface area (Å²) >= 11 is 4.56. The Morgan fingerprint density at radius 2 is 2.23 bits per heavy atom. The van der Waals surface area contributed by atoms with E-state index in [9.17, 15) is 0 Å². The molecule has 0 spiro atoms. The van der Waals surface area contributed by atoms with Crippen LogP contribution < -0.4 is 0 Å². The van der Waals surface area contributed by atoms with E-state index in [-0.39, 0.29) is 0 Å². The first-order valence-electron chi connectivity index (χ1n) is 3.82. The molecule has 2 rings (SSSR count). The van der Waals surface area contributed by atoms with Crippen LogP contribution in [0.25, 0.3) is 10.8 Å². The molecule has 1 aromatic heterocycles. The lowest BCUT2D eigenvalue weighted by atomic mass is 10.1. The molecule has 62 valence electrons. The van der Waals surface area contributed by atoms with Gasteiger partial charge in [-0.05, 0) is 24.4 Å². The molecule has 0 atom stereocenters. The van der Waals surface area contributed by atoms with Crippen LogP contribution in [0.1, 0.15) is 0 Å². The summed E-state index contributed by atoms with van der Waals surface area (Å²) in [5.74, 6) is 0. The van der Waals surface area contributed by atoms with Gasteiger partial charge in [-0.3, -0.25) is 4.98 Å². The Labute approximate surface area is 81.0 Å². The third-order valence-electron chi connectivity index (χ3n) is 1.82. The second kappa shape index (κ2) is 3.44. The summed E-state index contributed by atoms with van der Waals surface area (Å²) in [6.45, 7) is 0. The molecule has 0 saturated carbocycles. The molecule has 0 fully saturated rings. The van der Waals surface area contributed by atoms with Crippen molar-refractivity contribution in [2.24, 2.45) is 4.99 Å². The molecule has 3 heteroatoms. The number of benzene rings is 1. The van der Waals surface area contributed by atoms with E-state index in [4.69, 9.17) is 0 Å². The van der Waals surface area contributed by atoms with Crippen LogP contribution in [0.15, 0.2) is 41.7 Å². The average Bonchev–Trinajstić information content (AvgIpc) is 2.19. The molecule has 0 radical (unpaired) electrons. The highest BCUT2D eigenvalue weighted by molar-refractivity contribution is 7.78. The second-order valence-corrected chi connectivity index (χ2v) is 2.76. The number of aliphatic imine (C=N–C) groups is 1. The third-order valence-corrected chi connectivity index (χ3v) is 1.92. The highest BCUT2D eigenvalue weighted by Crippen LogP contribution is 2.23. The van der Waals surface area contributed by atoms with Crippen LogP contribution in [-0.2, 0) is 0 Å². The van der Waals surface area contributed by atoms with Crippen LogP contribution in [-0.4, -0.2) is 10.1 Å². The van der Waals surface area contributed by atoms with Crippen LogP contribution in [0.4, 0.5) is 5.69 Å². The first kappa shape index (κ1) is 8.05. The van der Waals surface area contributed by atoms with E-state index in [0.717, 1.165) is 16.5 Å². The normalized spacial score (nSPS) is 9.54. The maximum atomic E-state index is 4.56. The van der Waals surface area contributed by atoms with E-state index in [0.29, 0.717) is 0 Å². The van der Waals surface area contributed by atoms with Gasteiger partial charge in [0.2, 0.25) is 0 Å². The zero-order valence-corrected chi connectivity index (χ0v) is 7.58. The Kier molecular flexibility index (Phi) is 2.13. The molecule has 13 heavy (non-hydrogen) atoms. The van der Waals surface area contributed by atoms with Crippen molar-refractivity contribution in [3.63, 3.8) is 0 Å². The summed E-state index contributed by atoms with van der Waals surface area (Å²) in [6.07, 6.45) is 3.54. The van der Waals surface area contributed by atoms with Crippen molar-refractivity contribution in [1.29, 1.82) is 0 Å². The molecular weight excluding hydrogens is 180 g/mol. The van der Waals surface area contributed by atoms with Gasteiger partial charge in [0.05, 0.1) is 10.8 Å². The molecule has 0 aliphatic rings. The third kappa shape index (κ3) is 1.47. The highest BCUT2D eigenvalue weighted by Gasteiger charge is 1.96. The molecule has 1 heterocycles. The van der Waals surface area contributed by atoms with Gasteiger partial charge in [0.15, 0.2) is 0 Å². The van der Waals surface area contributed by atoms with E-state index in [2.05, 4.69) is 27.4 Å². The number of thiocarbonyl (C=S) groups is 1. The van der Waals surface area contributed by atoms with Crippen molar-refractivity contribution >= 4 is 33.8 Å². The minimum atomic E-state index is 0.843. The van der Waals surface area contributed by atoms with Crippen molar-refractivity contribution in [2.45, 2.75) is 0 Å². The molecule has 0 saturated heterocycles. The monoisotopic (exact) mass is 186 g/mol. The van der Waals surface area contributed by atoms with E-state index in [1.807, 2.05) is 24.3 Å². The van der Waals surface area contributed by atoms with Gasteiger partial charge >= 0.3 is 0 Å². The van der Waals surface area contributed by atoms with Gasteiger partial charge in [-0.2, -0.15) is 4.99 Å². The molecule has 0 N–H and O–H groups in total. The number of rotatable bonds is 1. The summed E-state index contributed by atoms with van der Waals surface area (Å²) in [6, 6.07) is 7.74. The Balaban J connectivity index is 2.82. The van der Waals surface area contributed by atoms with Crippen molar-refractivity contribution in [1.82, 2.24) is 4.98 Å². The Morgan fingerprint density at radius 1 is 1.31 bits per heavy atom. The number of fused-ring (bicyclic) bond motifs is 1. The van der Waals surface area contributed by atoms with Gasteiger partial charge in [-0.1, -0.05) is 12.1 Å². The SMILES string of the molecule is S=C=Nc1cccc2cnccc12. The Morgan fingerprint density at radius 3 is 3.08 bits per heavy atom. The molecule has 0 aliphatic carbocycles. The molecule has 0 unspecified atom stereocenters. The van der Waals surface area contributed by atoms with Gasteiger partial charge in [-0.15, -0.1) is 0 Å². The maximum Gasteiger partial charge on any atom is 0.0818 e. The van der Waals surface area contributed by atoms with Gasteiger partial charge in [0.1, 0.15) is 0 Å². The largest absolute Gasteiger partial charge is 0.264 e. The first-order valence-corrected chi connectivity index (χ1v) is 4.23. The first-order chi connectivity index (χ1) is 6.42. The van der Waals surface area contributed by atoms with Crippen molar-refractivity contribution in [2.75, 3.05) is 0 Å². The lowest BCUT2D eigenvalue weighted by molar-refractivity contribution is 1.36. The summed E-state index contributed by atoms with van der Waals surface area (Å²) in [4.78, 5) is 8.00. The molecule has 0 amide bonds. The van der Waals surface area contributed by atoms with Crippen LogP contribution in [0.3, 0.4) is 0 Å². The fraction of sp³-hybridized carbons (Fsp3) is 0. The molecule has 0 bridgehead atoms. The summed E-state index contributed by atoms with van der Waals surface area (Å²) in [5, 5.41) is 4.48. The standard InChI is InChI=1S/C10H6N2S/c13-7-12-10-3-1-2-8-6-11-5-4-9(8)10/h1-6H. The zero-order chi connectivity index (χ0) is 9.10. The topological polar surface area (TPSA) is 25.2 Å². The quantitative estimate of drug-likeness (QED) is 0.505. The number of hydrogen-bond acceptors (Lipinski definition) is 3. The van der Waals surface area contributed by atoms with Crippen LogP contribution in [0.2, 0.25) is 0 Å². The molecule has 0 aliphatic heterocycles. The second-order valence-electron chi connectivity index (χ2n) is 2.58. The lowest BCUT2D eigenvalue weighted by Gasteiger charge is -1.98. The summed E-state index contributed by atoms with van der Waals surface area (Å²) in [5.41, 5.74) is 0.843. The Hall–Kier alpha value is -1.57. The number of aromatic nitrogens is 1. The van der Waals surface area contributed by atoms with Crippen LogP contribution in [0.5, 0.6) is 0 Å². The molecular formula is C10H6N2S. The fourth-order valence-electron chi connectivity index (χ4n) is 1.25. The Bertz CT molecular complexity index is 482. The van der Waals surface area contributed by atoms with E-state index < -0.39 is 0 Å². The minimum Gasteiger partial charge on any atom is -0.264 e. The molecule has 1 aromatic carbocycles. The number of hydrogen-bond donors (Lipinski definition) is 0. The number of isothiocyanates is 1. The predicted molar refractivity (Wildman–Crippen MR) is 56.4 cm³/mol. The smallest absolute Gasteiger partial charge is 0.0818 e. The molecule has 2 aromatic rings. The minimum absolute atomic E-state index is 0.843.